The van der Waals surface area contributed by atoms with Crippen LogP contribution in [0.3, 0.4) is 0 Å². The van der Waals surface area contributed by atoms with Crippen LogP contribution in [0.25, 0.3) is 0 Å². The highest BCUT2D eigenvalue weighted by atomic mass is 15.2. The molecule has 3 unspecified atom stereocenters. The maximum Gasteiger partial charge on any atom is 0.0488 e. The fraction of sp³-hybridized carbons (Fsp3) is 0.625. The van der Waals surface area contributed by atoms with Gasteiger partial charge in [-0.25, -0.2) is 0 Å². The fourth-order valence-electron chi connectivity index (χ4n) is 3.48. The van der Waals surface area contributed by atoms with Crippen molar-refractivity contribution in [1.82, 2.24) is 5.43 Å². The highest BCUT2D eigenvalue weighted by molar-refractivity contribution is 5.31. The van der Waals surface area contributed by atoms with Crippen molar-refractivity contribution >= 4 is 0 Å². The summed E-state index contributed by atoms with van der Waals surface area (Å²) in [5.41, 5.74) is 7.08. The van der Waals surface area contributed by atoms with Gasteiger partial charge in [-0.2, -0.15) is 0 Å². The third-order valence-electron chi connectivity index (χ3n) is 4.41. The molecule has 1 aromatic carbocycles. The Labute approximate surface area is 111 Å². The van der Waals surface area contributed by atoms with Crippen molar-refractivity contribution in [2.24, 2.45) is 17.7 Å². The molecule has 0 bridgehead atoms. The van der Waals surface area contributed by atoms with Crippen molar-refractivity contribution < 1.29 is 0 Å². The van der Waals surface area contributed by atoms with Crippen LogP contribution in [0.2, 0.25) is 0 Å². The van der Waals surface area contributed by atoms with Crippen LogP contribution in [-0.4, -0.2) is 0 Å². The Kier molecular flexibility index (Phi) is 4.41. The minimum absolute atomic E-state index is 0.320. The number of nitrogens with two attached hydrogens (primary N) is 1. The second kappa shape index (κ2) is 5.85. The summed E-state index contributed by atoms with van der Waals surface area (Å²) in [7, 11) is 0. The summed E-state index contributed by atoms with van der Waals surface area (Å²) < 4.78 is 0. The molecule has 1 aliphatic carbocycles. The Morgan fingerprint density at radius 1 is 1.22 bits per heavy atom. The molecule has 0 saturated heterocycles. The molecule has 2 nitrogen and oxygen atoms in total. The van der Waals surface area contributed by atoms with Gasteiger partial charge >= 0.3 is 0 Å². The number of hydrogen-bond donors (Lipinski definition) is 2. The third-order valence-corrected chi connectivity index (χ3v) is 4.41. The Balaban J connectivity index is 2.18. The zero-order chi connectivity index (χ0) is 13.1. The molecule has 3 N–H and O–H groups in total. The van der Waals surface area contributed by atoms with Gasteiger partial charge < -0.3 is 0 Å². The first kappa shape index (κ1) is 13.6. The summed E-state index contributed by atoms with van der Waals surface area (Å²) in [4.78, 5) is 0. The summed E-state index contributed by atoms with van der Waals surface area (Å²) >= 11 is 0. The summed E-state index contributed by atoms with van der Waals surface area (Å²) in [5, 5.41) is 0. The molecule has 0 aromatic heterocycles. The van der Waals surface area contributed by atoms with Crippen LogP contribution < -0.4 is 11.3 Å². The van der Waals surface area contributed by atoms with Gasteiger partial charge in [0.1, 0.15) is 0 Å². The Morgan fingerprint density at radius 2 is 1.89 bits per heavy atom. The summed E-state index contributed by atoms with van der Waals surface area (Å²) in [6.45, 7) is 6.62. The van der Waals surface area contributed by atoms with E-state index in [2.05, 4.69) is 44.4 Å². The molecule has 18 heavy (non-hydrogen) atoms. The maximum atomic E-state index is 5.82. The van der Waals surface area contributed by atoms with E-state index in [1.165, 1.54) is 42.4 Å². The first-order valence-electron chi connectivity index (χ1n) is 7.18. The molecule has 0 amide bonds. The van der Waals surface area contributed by atoms with Gasteiger partial charge in [0.25, 0.3) is 0 Å². The number of benzene rings is 1. The second-order valence-corrected chi connectivity index (χ2v) is 5.91. The number of rotatable bonds is 4. The largest absolute Gasteiger partial charge is 0.271 e. The molecule has 100 valence electrons. The van der Waals surface area contributed by atoms with E-state index in [-0.39, 0.29) is 0 Å². The van der Waals surface area contributed by atoms with Gasteiger partial charge in [-0.3, -0.25) is 11.3 Å². The lowest BCUT2D eigenvalue weighted by Gasteiger charge is -2.24. The normalized spacial score (nSPS) is 25.3. The predicted octanol–water partition coefficient (Wildman–Crippen LogP) is 3.63. The highest BCUT2D eigenvalue weighted by Gasteiger charge is 2.30. The molecule has 1 saturated carbocycles. The molecule has 0 heterocycles. The van der Waals surface area contributed by atoms with E-state index in [0.717, 1.165) is 5.92 Å². The number of hydrazine groups is 1. The first-order chi connectivity index (χ1) is 8.63. The average Bonchev–Trinajstić information content (AvgIpc) is 2.77. The zero-order valence-corrected chi connectivity index (χ0v) is 11.9. The Hall–Kier alpha value is -0.860. The minimum atomic E-state index is 0.320. The average molecular weight is 246 g/mol. The quantitative estimate of drug-likeness (QED) is 0.629. The van der Waals surface area contributed by atoms with Crippen molar-refractivity contribution in [3.8, 4) is 0 Å². The third kappa shape index (κ3) is 2.93. The lowest BCUT2D eigenvalue weighted by molar-refractivity contribution is 0.358. The van der Waals surface area contributed by atoms with Gasteiger partial charge in [0, 0.05) is 6.04 Å². The molecular formula is C16H26N2. The van der Waals surface area contributed by atoms with E-state index in [4.69, 9.17) is 5.84 Å². The molecule has 0 aliphatic heterocycles. The van der Waals surface area contributed by atoms with Gasteiger partial charge in [0.05, 0.1) is 0 Å². The van der Waals surface area contributed by atoms with E-state index in [1.54, 1.807) is 0 Å². The molecule has 1 aromatic rings. The van der Waals surface area contributed by atoms with Gasteiger partial charge in [-0.1, -0.05) is 49.1 Å². The van der Waals surface area contributed by atoms with Crippen LogP contribution in [-0.2, 0) is 0 Å². The van der Waals surface area contributed by atoms with Crippen LogP contribution in [0, 0.1) is 25.7 Å². The van der Waals surface area contributed by atoms with E-state index < -0.39 is 0 Å². The lowest BCUT2D eigenvalue weighted by Crippen LogP contribution is -2.33. The smallest absolute Gasteiger partial charge is 0.0488 e. The van der Waals surface area contributed by atoms with E-state index in [1.807, 2.05) is 0 Å². The van der Waals surface area contributed by atoms with Crippen LogP contribution in [0.15, 0.2) is 18.2 Å². The first-order valence-corrected chi connectivity index (χ1v) is 7.18. The SMILES string of the molecule is CCC1CCC(C(NN)c2cc(C)cc(C)c2)C1. The monoisotopic (exact) mass is 246 g/mol. The van der Waals surface area contributed by atoms with E-state index >= 15 is 0 Å². The predicted molar refractivity (Wildman–Crippen MR) is 77.1 cm³/mol. The molecular weight excluding hydrogens is 220 g/mol. The minimum Gasteiger partial charge on any atom is -0.271 e. The van der Waals surface area contributed by atoms with Crippen LogP contribution in [0.4, 0.5) is 0 Å². The lowest BCUT2D eigenvalue weighted by atomic mass is 9.89. The molecule has 0 spiro atoms. The van der Waals surface area contributed by atoms with Gasteiger partial charge in [-0.15, -0.1) is 0 Å². The van der Waals surface area contributed by atoms with Gasteiger partial charge in [0.15, 0.2) is 0 Å². The molecule has 1 fully saturated rings. The zero-order valence-electron chi connectivity index (χ0n) is 11.9. The number of hydrogen-bond acceptors (Lipinski definition) is 2. The van der Waals surface area contributed by atoms with Crippen LogP contribution in [0.1, 0.15) is 55.3 Å². The van der Waals surface area contributed by atoms with Crippen molar-refractivity contribution in [2.45, 2.75) is 52.5 Å². The number of nitrogens with one attached hydrogen (secondary N) is 1. The topological polar surface area (TPSA) is 38.0 Å². The molecule has 2 rings (SSSR count). The summed E-state index contributed by atoms with van der Waals surface area (Å²) in [5.74, 6) is 7.42. The van der Waals surface area contributed by atoms with Gasteiger partial charge in [0.2, 0.25) is 0 Å². The summed E-state index contributed by atoms with van der Waals surface area (Å²) in [6, 6.07) is 7.09. The van der Waals surface area contributed by atoms with Crippen molar-refractivity contribution in [3.05, 3.63) is 34.9 Å². The Bertz CT molecular complexity index is 380. The highest BCUT2D eigenvalue weighted by Crippen LogP contribution is 2.40. The standard InChI is InChI=1S/C16H26N2/c1-4-13-5-6-14(10-13)16(18-17)15-8-11(2)7-12(3)9-15/h7-9,13-14,16,18H,4-6,10,17H2,1-3H3. The van der Waals surface area contributed by atoms with E-state index in [9.17, 15) is 0 Å². The molecule has 2 heteroatoms. The van der Waals surface area contributed by atoms with Crippen LogP contribution >= 0.6 is 0 Å². The van der Waals surface area contributed by atoms with E-state index in [0.29, 0.717) is 12.0 Å². The molecule has 0 radical (unpaired) electrons. The van der Waals surface area contributed by atoms with Crippen LogP contribution in [0.5, 0.6) is 0 Å². The molecule has 1 aliphatic rings. The van der Waals surface area contributed by atoms with Crippen molar-refractivity contribution in [3.63, 3.8) is 0 Å². The van der Waals surface area contributed by atoms with Crippen molar-refractivity contribution in [1.29, 1.82) is 0 Å². The van der Waals surface area contributed by atoms with Crippen molar-refractivity contribution in [2.75, 3.05) is 0 Å². The molecule has 3 atom stereocenters. The van der Waals surface area contributed by atoms with Gasteiger partial charge in [-0.05, 0) is 44.1 Å². The fourth-order valence-corrected chi connectivity index (χ4v) is 3.48. The Morgan fingerprint density at radius 3 is 2.39 bits per heavy atom. The second-order valence-electron chi connectivity index (χ2n) is 5.91. The summed E-state index contributed by atoms with van der Waals surface area (Å²) in [6.07, 6.45) is 5.30. The maximum absolute atomic E-state index is 5.82. The number of aryl methyl sites for hydroxylation is 2.